The standard InChI is InChI=1S/C24H15ClN2O2/c25-14-7-5-13(6-8-14)20-21-15-11-12-26-17(15)9-10-18(21)27-23-16-3-1-2-4-19(16)29-24(28)22(20)23/h1-12,20,26-27H. The van der Waals surface area contributed by atoms with E-state index in [2.05, 4.69) is 22.4 Å². The summed E-state index contributed by atoms with van der Waals surface area (Å²) in [6, 6.07) is 21.5. The predicted octanol–water partition coefficient (Wildman–Crippen LogP) is 6.16. The summed E-state index contributed by atoms with van der Waals surface area (Å²) < 4.78 is 5.71. The number of halogens is 1. The fourth-order valence-corrected chi connectivity index (χ4v) is 4.53. The number of para-hydroxylation sites is 1. The van der Waals surface area contributed by atoms with Crippen molar-refractivity contribution in [3.8, 4) is 0 Å². The molecule has 0 fully saturated rings. The first-order chi connectivity index (χ1) is 14.2. The van der Waals surface area contributed by atoms with E-state index in [1.165, 1.54) is 0 Å². The molecule has 3 heterocycles. The summed E-state index contributed by atoms with van der Waals surface area (Å²) in [5, 5.41) is 6.14. The number of hydrogen-bond donors (Lipinski definition) is 2. The Morgan fingerprint density at radius 3 is 2.55 bits per heavy atom. The molecule has 0 spiro atoms. The average molecular weight is 399 g/mol. The Kier molecular flexibility index (Phi) is 3.40. The van der Waals surface area contributed by atoms with Gasteiger partial charge in [-0.25, -0.2) is 4.79 Å². The number of benzene rings is 3. The van der Waals surface area contributed by atoms with E-state index in [-0.39, 0.29) is 11.5 Å². The van der Waals surface area contributed by atoms with Gasteiger partial charge >= 0.3 is 5.63 Å². The fraction of sp³-hybridized carbons (Fsp3) is 0.0417. The van der Waals surface area contributed by atoms with Gasteiger partial charge in [0.15, 0.2) is 0 Å². The maximum Gasteiger partial charge on any atom is 0.342 e. The Morgan fingerprint density at radius 2 is 1.69 bits per heavy atom. The molecule has 1 aliphatic rings. The minimum absolute atomic E-state index is 0.265. The maximum absolute atomic E-state index is 13.2. The molecule has 0 bridgehead atoms. The summed E-state index contributed by atoms with van der Waals surface area (Å²) in [5.41, 5.74) is 5.73. The van der Waals surface area contributed by atoms with Gasteiger partial charge in [0.25, 0.3) is 0 Å². The highest BCUT2D eigenvalue weighted by Crippen LogP contribution is 2.48. The molecule has 3 aromatic carbocycles. The van der Waals surface area contributed by atoms with Gasteiger partial charge in [0.2, 0.25) is 0 Å². The van der Waals surface area contributed by atoms with Gasteiger partial charge in [0.05, 0.1) is 11.3 Å². The molecule has 2 N–H and O–H groups in total. The van der Waals surface area contributed by atoms with Crippen molar-refractivity contribution in [3.05, 3.63) is 105 Å². The third-order valence-corrected chi connectivity index (χ3v) is 5.92. The van der Waals surface area contributed by atoms with Crippen molar-refractivity contribution in [1.82, 2.24) is 4.98 Å². The number of aromatic nitrogens is 1. The Hall–Kier alpha value is -3.50. The third kappa shape index (κ3) is 2.36. The van der Waals surface area contributed by atoms with Crippen LogP contribution >= 0.6 is 11.6 Å². The predicted molar refractivity (Wildman–Crippen MR) is 116 cm³/mol. The smallest absolute Gasteiger partial charge is 0.342 e. The number of H-pyrrole nitrogens is 1. The van der Waals surface area contributed by atoms with Gasteiger partial charge in [-0.15, -0.1) is 0 Å². The molecule has 0 amide bonds. The maximum atomic E-state index is 13.2. The van der Waals surface area contributed by atoms with Crippen molar-refractivity contribution in [1.29, 1.82) is 0 Å². The lowest BCUT2D eigenvalue weighted by atomic mass is 9.80. The van der Waals surface area contributed by atoms with E-state index in [9.17, 15) is 4.79 Å². The van der Waals surface area contributed by atoms with Crippen LogP contribution in [0.1, 0.15) is 22.6 Å². The SMILES string of the molecule is O=c1oc2ccccc2c2c1C(c1ccc(Cl)cc1)c1c(ccc3[nH]ccc13)N2. The van der Waals surface area contributed by atoms with E-state index < -0.39 is 0 Å². The molecule has 4 nitrogen and oxygen atoms in total. The number of anilines is 2. The van der Waals surface area contributed by atoms with Crippen LogP contribution in [-0.2, 0) is 0 Å². The first-order valence-electron chi connectivity index (χ1n) is 9.39. The molecule has 29 heavy (non-hydrogen) atoms. The topological polar surface area (TPSA) is 58.0 Å². The zero-order valence-corrected chi connectivity index (χ0v) is 16.0. The van der Waals surface area contributed by atoms with Gasteiger partial charge in [-0.1, -0.05) is 35.9 Å². The number of hydrogen-bond acceptors (Lipinski definition) is 3. The van der Waals surface area contributed by atoms with E-state index in [0.717, 1.165) is 38.8 Å². The molecule has 6 rings (SSSR count). The zero-order valence-electron chi connectivity index (χ0n) is 15.2. The largest absolute Gasteiger partial charge is 0.422 e. The van der Waals surface area contributed by atoms with Crippen LogP contribution in [0, 0.1) is 0 Å². The summed E-state index contributed by atoms with van der Waals surface area (Å²) in [6.45, 7) is 0. The average Bonchev–Trinajstić information content (AvgIpc) is 3.22. The molecule has 1 aliphatic heterocycles. The third-order valence-electron chi connectivity index (χ3n) is 5.66. The lowest BCUT2D eigenvalue weighted by molar-refractivity contribution is 0.549. The number of rotatable bonds is 1. The van der Waals surface area contributed by atoms with E-state index in [1.807, 2.05) is 60.8 Å². The Balaban J connectivity index is 1.76. The summed E-state index contributed by atoms with van der Waals surface area (Å²) in [5.74, 6) is -0.265. The highest BCUT2D eigenvalue weighted by atomic mass is 35.5. The van der Waals surface area contributed by atoms with Gasteiger partial charge in [-0.05, 0) is 53.6 Å². The highest BCUT2D eigenvalue weighted by Gasteiger charge is 2.33. The van der Waals surface area contributed by atoms with Crippen LogP contribution in [0.4, 0.5) is 11.4 Å². The van der Waals surface area contributed by atoms with Gasteiger partial charge < -0.3 is 14.7 Å². The van der Waals surface area contributed by atoms with E-state index >= 15 is 0 Å². The Morgan fingerprint density at radius 1 is 0.862 bits per heavy atom. The summed E-state index contributed by atoms with van der Waals surface area (Å²) >= 11 is 6.14. The molecule has 5 heteroatoms. The molecule has 140 valence electrons. The fourth-order valence-electron chi connectivity index (χ4n) is 4.41. The summed E-state index contributed by atoms with van der Waals surface area (Å²) in [6.07, 6.45) is 1.92. The molecule has 0 aliphatic carbocycles. The second kappa shape index (κ2) is 6.00. The first-order valence-corrected chi connectivity index (χ1v) is 9.77. The number of aromatic amines is 1. The van der Waals surface area contributed by atoms with Crippen molar-refractivity contribution < 1.29 is 4.42 Å². The Labute approximate surface area is 170 Å². The Bertz CT molecular complexity index is 1460. The van der Waals surface area contributed by atoms with Crippen molar-refractivity contribution in [2.45, 2.75) is 5.92 Å². The second-order valence-corrected chi connectivity index (χ2v) is 7.69. The normalized spacial score (nSPS) is 15.1. The van der Waals surface area contributed by atoms with Gasteiger partial charge in [0, 0.05) is 39.1 Å². The lowest BCUT2D eigenvalue weighted by Crippen LogP contribution is -2.22. The van der Waals surface area contributed by atoms with Crippen LogP contribution in [0.3, 0.4) is 0 Å². The molecule has 2 aromatic heterocycles. The van der Waals surface area contributed by atoms with Crippen molar-refractivity contribution >= 4 is 44.8 Å². The van der Waals surface area contributed by atoms with Crippen LogP contribution < -0.4 is 10.9 Å². The van der Waals surface area contributed by atoms with Crippen molar-refractivity contribution in [2.75, 3.05) is 5.32 Å². The minimum atomic E-state index is -0.329. The molecule has 0 saturated heterocycles. The summed E-state index contributed by atoms with van der Waals surface area (Å²) in [4.78, 5) is 16.4. The molecule has 1 atom stereocenters. The monoisotopic (exact) mass is 398 g/mol. The van der Waals surface area contributed by atoms with Crippen LogP contribution in [0.2, 0.25) is 5.02 Å². The van der Waals surface area contributed by atoms with Crippen LogP contribution in [0.5, 0.6) is 0 Å². The minimum Gasteiger partial charge on any atom is -0.422 e. The lowest BCUT2D eigenvalue weighted by Gasteiger charge is -2.30. The van der Waals surface area contributed by atoms with Crippen molar-refractivity contribution in [2.24, 2.45) is 0 Å². The van der Waals surface area contributed by atoms with Gasteiger partial charge in [-0.2, -0.15) is 0 Å². The second-order valence-electron chi connectivity index (χ2n) is 7.25. The van der Waals surface area contributed by atoms with E-state index in [4.69, 9.17) is 16.0 Å². The molecule has 5 aromatic rings. The van der Waals surface area contributed by atoms with Gasteiger partial charge in [0.1, 0.15) is 5.58 Å². The van der Waals surface area contributed by atoms with Gasteiger partial charge in [-0.3, -0.25) is 0 Å². The first kappa shape index (κ1) is 16.5. The molecule has 0 saturated carbocycles. The van der Waals surface area contributed by atoms with E-state index in [0.29, 0.717) is 16.2 Å². The van der Waals surface area contributed by atoms with Crippen LogP contribution in [0.15, 0.2) is 82.1 Å². The van der Waals surface area contributed by atoms with Crippen molar-refractivity contribution in [3.63, 3.8) is 0 Å². The highest BCUT2D eigenvalue weighted by molar-refractivity contribution is 6.30. The molecule has 1 unspecified atom stereocenters. The van der Waals surface area contributed by atoms with Crippen LogP contribution in [0.25, 0.3) is 21.9 Å². The molecular weight excluding hydrogens is 384 g/mol. The zero-order chi connectivity index (χ0) is 19.5. The molecular formula is C24H15ClN2O2. The van der Waals surface area contributed by atoms with Crippen LogP contribution in [-0.4, -0.2) is 4.98 Å². The number of nitrogens with one attached hydrogen (secondary N) is 2. The quantitative estimate of drug-likeness (QED) is 0.326. The van der Waals surface area contributed by atoms with E-state index in [1.54, 1.807) is 0 Å². The number of fused-ring (bicyclic) bond motifs is 6. The molecule has 0 radical (unpaired) electrons. The summed E-state index contributed by atoms with van der Waals surface area (Å²) in [7, 11) is 0.